The Morgan fingerprint density at radius 3 is 3.00 bits per heavy atom. The number of aromatic nitrogens is 1. The van der Waals surface area contributed by atoms with Crippen LogP contribution in [0, 0.1) is 5.92 Å². The van der Waals surface area contributed by atoms with Gasteiger partial charge in [-0.25, -0.2) is 0 Å². The largest absolute Gasteiger partial charge is 0.296 e. The Hall–Kier alpha value is -0.890. The van der Waals surface area contributed by atoms with E-state index in [4.69, 9.17) is 0 Å². The molecular weight excluding hydrogens is 196 g/mol. The van der Waals surface area contributed by atoms with Crippen molar-refractivity contribution in [3.05, 3.63) is 30.1 Å². The van der Waals surface area contributed by atoms with Gasteiger partial charge in [-0.3, -0.25) is 9.88 Å². The SMILES string of the molecule is CC(C)CN1CCCC[C@@H]1c1cccnc1. The van der Waals surface area contributed by atoms with Crippen LogP contribution >= 0.6 is 0 Å². The maximum atomic E-state index is 4.25. The first kappa shape index (κ1) is 11.6. The number of hydrogen-bond donors (Lipinski definition) is 0. The molecule has 1 atom stereocenters. The van der Waals surface area contributed by atoms with Gasteiger partial charge in [0.15, 0.2) is 0 Å². The van der Waals surface area contributed by atoms with Gasteiger partial charge in [0.25, 0.3) is 0 Å². The molecule has 1 aliphatic rings. The lowest BCUT2D eigenvalue weighted by molar-refractivity contribution is 0.132. The topological polar surface area (TPSA) is 16.1 Å². The van der Waals surface area contributed by atoms with Gasteiger partial charge in [0.05, 0.1) is 0 Å². The molecule has 1 aliphatic heterocycles. The highest BCUT2D eigenvalue weighted by molar-refractivity contribution is 5.14. The molecule has 1 saturated heterocycles. The van der Waals surface area contributed by atoms with Crippen LogP contribution in [0.5, 0.6) is 0 Å². The molecule has 0 radical (unpaired) electrons. The zero-order valence-corrected chi connectivity index (χ0v) is 10.4. The fourth-order valence-electron chi connectivity index (χ4n) is 2.63. The first-order valence-corrected chi connectivity index (χ1v) is 6.41. The highest BCUT2D eigenvalue weighted by Gasteiger charge is 2.24. The quantitative estimate of drug-likeness (QED) is 0.774. The third-order valence-electron chi connectivity index (χ3n) is 3.28. The maximum Gasteiger partial charge on any atom is 0.0363 e. The molecule has 2 heteroatoms. The number of piperidine rings is 1. The summed E-state index contributed by atoms with van der Waals surface area (Å²) in [7, 11) is 0. The average Bonchev–Trinajstić information content (AvgIpc) is 2.30. The van der Waals surface area contributed by atoms with Crippen molar-refractivity contribution in [2.75, 3.05) is 13.1 Å². The molecule has 0 bridgehead atoms. The summed E-state index contributed by atoms with van der Waals surface area (Å²) in [4.78, 5) is 6.88. The van der Waals surface area contributed by atoms with Gasteiger partial charge in [-0.05, 0) is 36.9 Å². The monoisotopic (exact) mass is 218 g/mol. The Morgan fingerprint density at radius 2 is 2.31 bits per heavy atom. The van der Waals surface area contributed by atoms with Crippen LogP contribution in [-0.4, -0.2) is 23.0 Å². The van der Waals surface area contributed by atoms with Crippen LogP contribution in [0.3, 0.4) is 0 Å². The van der Waals surface area contributed by atoms with E-state index < -0.39 is 0 Å². The number of nitrogens with zero attached hydrogens (tertiary/aromatic N) is 2. The summed E-state index contributed by atoms with van der Waals surface area (Å²) < 4.78 is 0. The maximum absolute atomic E-state index is 4.25. The lowest BCUT2D eigenvalue weighted by Crippen LogP contribution is -2.36. The Bertz CT molecular complexity index is 308. The van der Waals surface area contributed by atoms with Crippen molar-refractivity contribution in [1.82, 2.24) is 9.88 Å². The standard InChI is InChI=1S/C14H22N2/c1-12(2)11-16-9-4-3-7-14(16)13-6-5-8-15-10-13/h5-6,8,10,12,14H,3-4,7,9,11H2,1-2H3/t14-/m1/s1. The van der Waals surface area contributed by atoms with Gasteiger partial charge in [0.1, 0.15) is 0 Å². The first-order valence-electron chi connectivity index (χ1n) is 6.41. The Kier molecular flexibility index (Phi) is 3.94. The molecule has 16 heavy (non-hydrogen) atoms. The molecule has 0 amide bonds. The van der Waals surface area contributed by atoms with E-state index in [9.17, 15) is 0 Å². The first-order chi connectivity index (χ1) is 7.77. The van der Waals surface area contributed by atoms with E-state index in [1.807, 2.05) is 12.4 Å². The minimum Gasteiger partial charge on any atom is -0.296 e. The van der Waals surface area contributed by atoms with E-state index in [0.29, 0.717) is 6.04 Å². The number of hydrogen-bond acceptors (Lipinski definition) is 2. The minimum atomic E-state index is 0.602. The van der Waals surface area contributed by atoms with Crippen molar-refractivity contribution >= 4 is 0 Å². The second kappa shape index (κ2) is 5.44. The van der Waals surface area contributed by atoms with Gasteiger partial charge in [-0.2, -0.15) is 0 Å². The fraction of sp³-hybridized carbons (Fsp3) is 0.643. The minimum absolute atomic E-state index is 0.602. The highest BCUT2D eigenvalue weighted by atomic mass is 15.2. The molecule has 88 valence electrons. The van der Waals surface area contributed by atoms with Crippen LogP contribution in [-0.2, 0) is 0 Å². The predicted molar refractivity (Wildman–Crippen MR) is 67.2 cm³/mol. The van der Waals surface area contributed by atoms with E-state index in [1.54, 1.807) is 0 Å². The van der Waals surface area contributed by atoms with Crippen LogP contribution < -0.4 is 0 Å². The summed E-state index contributed by atoms with van der Waals surface area (Å²) >= 11 is 0. The third-order valence-corrected chi connectivity index (χ3v) is 3.28. The molecule has 0 N–H and O–H groups in total. The average molecular weight is 218 g/mol. The van der Waals surface area contributed by atoms with Crippen molar-refractivity contribution in [3.63, 3.8) is 0 Å². The summed E-state index contributed by atoms with van der Waals surface area (Å²) in [5, 5.41) is 0. The lowest BCUT2D eigenvalue weighted by Gasteiger charge is -2.36. The van der Waals surface area contributed by atoms with Crippen molar-refractivity contribution < 1.29 is 0 Å². The molecule has 1 fully saturated rings. The molecule has 0 aromatic carbocycles. The molecule has 1 aromatic rings. The molecule has 0 saturated carbocycles. The molecule has 0 spiro atoms. The summed E-state index contributed by atoms with van der Waals surface area (Å²) in [5.74, 6) is 0.747. The summed E-state index contributed by atoms with van der Waals surface area (Å²) in [6.45, 7) is 7.06. The Labute approximate surface area is 98.7 Å². The van der Waals surface area contributed by atoms with Crippen LogP contribution in [0.1, 0.15) is 44.7 Å². The number of rotatable bonds is 3. The van der Waals surface area contributed by atoms with Gasteiger partial charge in [-0.1, -0.05) is 26.3 Å². The second-order valence-corrected chi connectivity index (χ2v) is 5.19. The van der Waals surface area contributed by atoms with E-state index >= 15 is 0 Å². The van der Waals surface area contributed by atoms with Crippen LogP contribution in [0.25, 0.3) is 0 Å². The smallest absolute Gasteiger partial charge is 0.0363 e. The van der Waals surface area contributed by atoms with Crippen molar-refractivity contribution in [2.45, 2.75) is 39.2 Å². The highest BCUT2D eigenvalue weighted by Crippen LogP contribution is 2.30. The molecule has 2 nitrogen and oxygen atoms in total. The summed E-state index contributed by atoms with van der Waals surface area (Å²) in [6.07, 6.45) is 7.89. The van der Waals surface area contributed by atoms with Gasteiger partial charge < -0.3 is 0 Å². The van der Waals surface area contributed by atoms with Crippen LogP contribution in [0.4, 0.5) is 0 Å². The fourth-order valence-corrected chi connectivity index (χ4v) is 2.63. The van der Waals surface area contributed by atoms with Gasteiger partial charge in [0, 0.05) is 25.0 Å². The van der Waals surface area contributed by atoms with E-state index in [2.05, 4.69) is 35.9 Å². The van der Waals surface area contributed by atoms with Crippen LogP contribution in [0.15, 0.2) is 24.5 Å². The lowest BCUT2D eigenvalue weighted by atomic mass is 9.95. The zero-order valence-electron chi connectivity index (χ0n) is 10.4. The van der Waals surface area contributed by atoms with E-state index in [0.717, 1.165) is 5.92 Å². The second-order valence-electron chi connectivity index (χ2n) is 5.19. The number of likely N-dealkylation sites (tertiary alicyclic amines) is 1. The zero-order chi connectivity index (χ0) is 11.4. The van der Waals surface area contributed by atoms with Crippen molar-refractivity contribution in [1.29, 1.82) is 0 Å². The summed E-state index contributed by atoms with van der Waals surface area (Å²) in [6, 6.07) is 4.87. The van der Waals surface area contributed by atoms with E-state index in [-0.39, 0.29) is 0 Å². The summed E-state index contributed by atoms with van der Waals surface area (Å²) in [5.41, 5.74) is 1.39. The van der Waals surface area contributed by atoms with Gasteiger partial charge in [-0.15, -0.1) is 0 Å². The third kappa shape index (κ3) is 2.82. The molecule has 2 rings (SSSR count). The molecule has 0 aliphatic carbocycles. The normalized spacial score (nSPS) is 22.6. The molecular formula is C14H22N2. The predicted octanol–water partition coefficient (Wildman–Crippen LogP) is 3.26. The molecule has 0 unspecified atom stereocenters. The Balaban J connectivity index is 2.10. The van der Waals surface area contributed by atoms with Gasteiger partial charge >= 0.3 is 0 Å². The van der Waals surface area contributed by atoms with Crippen molar-refractivity contribution in [2.24, 2.45) is 5.92 Å². The molecule has 2 heterocycles. The molecule has 1 aromatic heterocycles. The van der Waals surface area contributed by atoms with E-state index in [1.165, 1.54) is 37.9 Å². The van der Waals surface area contributed by atoms with Crippen LogP contribution in [0.2, 0.25) is 0 Å². The van der Waals surface area contributed by atoms with Gasteiger partial charge in [0.2, 0.25) is 0 Å². The van der Waals surface area contributed by atoms with Crippen molar-refractivity contribution in [3.8, 4) is 0 Å². The number of pyridine rings is 1. The Morgan fingerprint density at radius 1 is 1.44 bits per heavy atom.